The van der Waals surface area contributed by atoms with Crippen molar-refractivity contribution in [2.75, 3.05) is 45.9 Å². The highest BCUT2D eigenvalue weighted by molar-refractivity contribution is 5.85. The zero-order valence-electron chi connectivity index (χ0n) is 26.5. The van der Waals surface area contributed by atoms with E-state index in [1.807, 2.05) is 42.7 Å². The van der Waals surface area contributed by atoms with Gasteiger partial charge in [-0.2, -0.15) is 0 Å². The van der Waals surface area contributed by atoms with Crippen molar-refractivity contribution in [3.63, 3.8) is 0 Å². The van der Waals surface area contributed by atoms with Gasteiger partial charge in [0, 0.05) is 88.4 Å². The molecule has 45 heavy (non-hydrogen) atoms. The molecule has 3 heterocycles. The van der Waals surface area contributed by atoms with Gasteiger partial charge in [-0.3, -0.25) is 19.8 Å². The van der Waals surface area contributed by atoms with Crippen LogP contribution in [0.5, 0.6) is 0 Å². The Morgan fingerprint density at radius 3 is 2.13 bits per heavy atom. The number of rotatable bonds is 19. The number of aromatic nitrogens is 3. The predicted molar refractivity (Wildman–Crippen MR) is 183 cm³/mol. The van der Waals surface area contributed by atoms with Crippen molar-refractivity contribution in [1.29, 1.82) is 0 Å². The summed E-state index contributed by atoms with van der Waals surface area (Å²) in [4.78, 5) is 17.1. The number of hydrogen-bond donors (Lipinski definition) is 4. The highest BCUT2D eigenvalue weighted by Gasteiger charge is 2.12. The van der Waals surface area contributed by atoms with Crippen molar-refractivity contribution in [2.45, 2.75) is 39.5 Å². The molecule has 0 spiro atoms. The Morgan fingerprint density at radius 2 is 1.40 bits per heavy atom. The topological polar surface area (TPSA) is 92.3 Å². The van der Waals surface area contributed by atoms with Gasteiger partial charge in [0.2, 0.25) is 0 Å². The Hall–Kier alpha value is -3.92. The van der Waals surface area contributed by atoms with E-state index in [-0.39, 0.29) is 6.61 Å². The Morgan fingerprint density at radius 1 is 0.689 bits per heavy atom. The molecule has 0 bridgehead atoms. The molecule has 0 amide bonds. The average Bonchev–Trinajstić information content (AvgIpc) is 3.49. The lowest BCUT2D eigenvalue weighted by Gasteiger charge is -2.27. The largest absolute Gasteiger partial charge is 0.395 e. The number of H-pyrrole nitrogens is 1. The molecule has 0 fully saturated rings. The predicted octanol–water partition coefficient (Wildman–Crippen LogP) is 4.68. The molecule has 0 aliphatic rings. The quantitative estimate of drug-likeness (QED) is 0.102. The molecular weight excluding hydrogens is 558 g/mol. The number of para-hydroxylation sites is 1. The van der Waals surface area contributed by atoms with Gasteiger partial charge in [0.05, 0.1) is 18.0 Å². The molecule has 0 unspecified atom stereocenters. The number of benzene rings is 2. The molecule has 2 aromatic carbocycles. The molecule has 5 aromatic rings. The van der Waals surface area contributed by atoms with Crippen molar-refractivity contribution in [2.24, 2.45) is 0 Å². The van der Waals surface area contributed by atoms with Crippen LogP contribution in [-0.2, 0) is 32.6 Å². The van der Waals surface area contributed by atoms with Gasteiger partial charge in [-0.1, -0.05) is 54.6 Å². The van der Waals surface area contributed by atoms with Crippen molar-refractivity contribution in [3.8, 4) is 0 Å². The summed E-state index contributed by atoms with van der Waals surface area (Å²) in [6.07, 6.45) is 6.81. The normalized spacial score (nSPS) is 11.6. The van der Waals surface area contributed by atoms with Crippen molar-refractivity contribution in [1.82, 2.24) is 35.4 Å². The molecule has 0 saturated heterocycles. The lowest BCUT2D eigenvalue weighted by molar-refractivity contribution is 0.159. The summed E-state index contributed by atoms with van der Waals surface area (Å²) in [6, 6.07) is 27.5. The first-order valence-electron chi connectivity index (χ1n) is 16.1. The molecule has 8 heteroatoms. The average molecular weight is 606 g/mol. The summed E-state index contributed by atoms with van der Waals surface area (Å²) < 4.78 is 0. The first kappa shape index (κ1) is 32.5. The van der Waals surface area contributed by atoms with E-state index in [4.69, 9.17) is 0 Å². The third kappa shape index (κ3) is 10.3. The van der Waals surface area contributed by atoms with Gasteiger partial charge in [-0.05, 0) is 66.4 Å². The molecule has 236 valence electrons. The zero-order valence-corrected chi connectivity index (χ0v) is 26.5. The third-order valence-corrected chi connectivity index (χ3v) is 8.24. The fraction of sp³-hybridized carbons (Fsp3) is 0.351. The van der Waals surface area contributed by atoms with Crippen LogP contribution in [0.1, 0.15) is 33.6 Å². The van der Waals surface area contributed by atoms with Gasteiger partial charge >= 0.3 is 0 Å². The molecule has 0 aliphatic carbocycles. The zero-order chi connectivity index (χ0) is 31.1. The first-order chi connectivity index (χ1) is 22.2. The molecule has 0 aliphatic heterocycles. The number of aryl methyl sites for hydroxylation is 1. The van der Waals surface area contributed by atoms with Crippen LogP contribution in [0.2, 0.25) is 0 Å². The minimum absolute atomic E-state index is 0.134. The summed E-state index contributed by atoms with van der Waals surface area (Å²) in [5.74, 6) is 0. The van der Waals surface area contributed by atoms with E-state index < -0.39 is 0 Å². The number of aliphatic hydroxyl groups excluding tert-OH is 1. The SMILES string of the molecule is Cc1cccc2c(CCNCc3ccc(CN(CCNCc4ccccn4)CCN(CCO)Cc4ccccn4)cc3)c[nH]c12. The van der Waals surface area contributed by atoms with Gasteiger partial charge < -0.3 is 20.7 Å². The second kappa shape index (κ2) is 17.5. The number of hydrogen-bond acceptors (Lipinski definition) is 7. The van der Waals surface area contributed by atoms with Gasteiger partial charge in [-0.15, -0.1) is 0 Å². The van der Waals surface area contributed by atoms with Crippen molar-refractivity contribution in [3.05, 3.63) is 131 Å². The fourth-order valence-corrected chi connectivity index (χ4v) is 5.69. The van der Waals surface area contributed by atoms with Crippen LogP contribution in [0.15, 0.2) is 97.5 Å². The van der Waals surface area contributed by atoms with Gasteiger partial charge in [0.15, 0.2) is 0 Å². The number of fused-ring (bicyclic) bond motifs is 1. The lowest BCUT2D eigenvalue weighted by atomic mass is 10.1. The van der Waals surface area contributed by atoms with Crippen LogP contribution in [0.3, 0.4) is 0 Å². The van der Waals surface area contributed by atoms with E-state index in [1.165, 1.54) is 33.2 Å². The van der Waals surface area contributed by atoms with Crippen LogP contribution in [-0.4, -0.2) is 75.7 Å². The summed E-state index contributed by atoms with van der Waals surface area (Å²) >= 11 is 0. The number of aromatic amines is 1. The molecule has 5 rings (SSSR count). The van der Waals surface area contributed by atoms with E-state index in [0.717, 1.165) is 76.7 Å². The molecule has 0 saturated carbocycles. The van der Waals surface area contributed by atoms with Crippen molar-refractivity contribution < 1.29 is 5.11 Å². The van der Waals surface area contributed by atoms with E-state index >= 15 is 0 Å². The Balaban J connectivity index is 1.12. The second-order valence-electron chi connectivity index (χ2n) is 11.6. The molecule has 4 N–H and O–H groups in total. The molecule has 0 atom stereocenters. The lowest BCUT2D eigenvalue weighted by Crippen LogP contribution is -2.39. The number of pyridine rings is 2. The van der Waals surface area contributed by atoms with Gasteiger partial charge in [0.25, 0.3) is 0 Å². The second-order valence-corrected chi connectivity index (χ2v) is 11.6. The highest BCUT2D eigenvalue weighted by Crippen LogP contribution is 2.21. The van der Waals surface area contributed by atoms with E-state index in [0.29, 0.717) is 6.54 Å². The Labute approximate surface area is 267 Å². The van der Waals surface area contributed by atoms with Crippen LogP contribution in [0.4, 0.5) is 0 Å². The maximum absolute atomic E-state index is 9.70. The monoisotopic (exact) mass is 605 g/mol. The molecular formula is C37H47N7O. The number of aliphatic hydroxyl groups is 1. The van der Waals surface area contributed by atoms with Crippen molar-refractivity contribution >= 4 is 10.9 Å². The summed E-state index contributed by atoms with van der Waals surface area (Å²) in [5.41, 5.74) is 8.57. The summed E-state index contributed by atoms with van der Waals surface area (Å²) in [5, 5.41) is 18.2. The number of nitrogens with zero attached hydrogens (tertiary/aromatic N) is 4. The maximum Gasteiger partial charge on any atom is 0.0558 e. The summed E-state index contributed by atoms with van der Waals surface area (Å²) in [7, 11) is 0. The molecule has 3 aromatic heterocycles. The van der Waals surface area contributed by atoms with Crippen LogP contribution >= 0.6 is 0 Å². The third-order valence-electron chi connectivity index (χ3n) is 8.24. The molecule has 0 radical (unpaired) electrons. The fourth-order valence-electron chi connectivity index (χ4n) is 5.69. The van der Waals surface area contributed by atoms with Gasteiger partial charge in [-0.25, -0.2) is 0 Å². The van der Waals surface area contributed by atoms with E-state index in [9.17, 15) is 5.11 Å². The molecule has 8 nitrogen and oxygen atoms in total. The Kier molecular flexibility index (Phi) is 12.7. The minimum atomic E-state index is 0.134. The standard InChI is InChI=1S/C37H47N7O/c1-30-7-6-10-36-33(26-42-37(30)36)15-18-38-25-31-11-13-32(14-12-31)28-43(20-19-39-27-34-8-2-4-16-40-34)21-22-44(23-24-45)29-35-9-3-5-17-41-35/h2-14,16-17,26,38-39,42,45H,15,18-25,27-29H2,1H3. The highest BCUT2D eigenvalue weighted by atomic mass is 16.3. The van der Waals surface area contributed by atoms with Crippen LogP contribution in [0.25, 0.3) is 10.9 Å². The van der Waals surface area contributed by atoms with Gasteiger partial charge in [0.1, 0.15) is 0 Å². The van der Waals surface area contributed by atoms with E-state index in [2.05, 4.69) is 97.0 Å². The van der Waals surface area contributed by atoms with Crippen LogP contribution in [0, 0.1) is 6.92 Å². The first-order valence-corrected chi connectivity index (χ1v) is 16.1. The van der Waals surface area contributed by atoms with Crippen LogP contribution < -0.4 is 10.6 Å². The maximum atomic E-state index is 9.70. The summed E-state index contributed by atoms with van der Waals surface area (Å²) in [6.45, 7) is 10.6. The van der Waals surface area contributed by atoms with E-state index in [1.54, 1.807) is 0 Å². The minimum Gasteiger partial charge on any atom is -0.395 e. The number of nitrogens with one attached hydrogen (secondary N) is 3. The Bertz CT molecular complexity index is 1540. The smallest absolute Gasteiger partial charge is 0.0558 e.